The SMILES string of the molecule is CC(C)CN(C(C)C)S(=O)(=O)Cc1cccc(N)c1. The number of hydrogen-bond donors (Lipinski definition) is 1. The van der Waals surface area contributed by atoms with Crippen molar-refractivity contribution in [3.05, 3.63) is 29.8 Å². The molecule has 1 aromatic carbocycles. The lowest BCUT2D eigenvalue weighted by Crippen LogP contribution is -2.40. The highest BCUT2D eigenvalue weighted by Crippen LogP contribution is 2.17. The third-order valence-electron chi connectivity index (χ3n) is 2.78. The van der Waals surface area contributed by atoms with Gasteiger partial charge in [-0.3, -0.25) is 0 Å². The van der Waals surface area contributed by atoms with Crippen molar-refractivity contribution in [1.29, 1.82) is 0 Å². The zero-order chi connectivity index (χ0) is 14.6. The maximum atomic E-state index is 12.5. The molecule has 1 rings (SSSR count). The van der Waals surface area contributed by atoms with E-state index in [0.717, 1.165) is 5.56 Å². The summed E-state index contributed by atoms with van der Waals surface area (Å²) in [4.78, 5) is 0. The number of benzene rings is 1. The van der Waals surface area contributed by atoms with Crippen LogP contribution in [0.1, 0.15) is 33.3 Å². The van der Waals surface area contributed by atoms with Crippen LogP contribution in [0.4, 0.5) is 5.69 Å². The van der Waals surface area contributed by atoms with Crippen molar-refractivity contribution in [3.63, 3.8) is 0 Å². The van der Waals surface area contributed by atoms with E-state index in [1.54, 1.807) is 28.6 Å². The van der Waals surface area contributed by atoms with Crippen molar-refractivity contribution in [2.75, 3.05) is 12.3 Å². The minimum atomic E-state index is -3.31. The first-order valence-corrected chi connectivity index (χ1v) is 8.17. The van der Waals surface area contributed by atoms with Crippen molar-refractivity contribution >= 4 is 15.7 Å². The van der Waals surface area contributed by atoms with Gasteiger partial charge in [-0.2, -0.15) is 4.31 Å². The van der Waals surface area contributed by atoms with E-state index in [4.69, 9.17) is 5.73 Å². The van der Waals surface area contributed by atoms with Gasteiger partial charge in [-0.1, -0.05) is 26.0 Å². The molecule has 0 atom stereocenters. The van der Waals surface area contributed by atoms with Gasteiger partial charge in [0, 0.05) is 18.3 Å². The highest BCUT2D eigenvalue weighted by Gasteiger charge is 2.25. The smallest absolute Gasteiger partial charge is 0.218 e. The number of nitrogen functional groups attached to an aromatic ring is 1. The van der Waals surface area contributed by atoms with Crippen molar-refractivity contribution in [1.82, 2.24) is 4.31 Å². The number of anilines is 1. The van der Waals surface area contributed by atoms with Gasteiger partial charge in [-0.05, 0) is 37.5 Å². The molecule has 4 nitrogen and oxygen atoms in total. The third-order valence-corrected chi connectivity index (χ3v) is 4.76. The first-order chi connectivity index (χ1) is 8.72. The Kier molecular flexibility index (Phi) is 5.38. The number of rotatable bonds is 6. The minimum absolute atomic E-state index is 0.00292. The predicted octanol–water partition coefficient (Wildman–Crippen LogP) is 2.46. The largest absolute Gasteiger partial charge is 0.399 e. The van der Waals surface area contributed by atoms with Crippen LogP contribution in [0.2, 0.25) is 0 Å². The summed E-state index contributed by atoms with van der Waals surface area (Å²) in [6.07, 6.45) is 0. The van der Waals surface area contributed by atoms with E-state index in [-0.39, 0.29) is 11.8 Å². The van der Waals surface area contributed by atoms with E-state index in [1.807, 2.05) is 27.7 Å². The number of nitrogens with two attached hydrogens (primary N) is 1. The van der Waals surface area contributed by atoms with Crippen LogP contribution in [-0.2, 0) is 15.8 Å². The summed E-state index contributed by atoms with van der Waals surface area (Å²) in [5.74, 6) is 0.307. The Labute approximate surface area is 116 Å². The van der Waals surface area contributed by atoms with Gasteiger partial charge in [0.15, 0.2) is 0 Å². The predicted molar refractivity (Wildman–Crippen MR) is 80.2 cm³/mol. The number of hydrogen-bond acceptors (Lipinski definition) is 3. The summed E-state index contributed by atoms with van der Waals surface area (Å²) in [7, 11) is -3.31. The minimum Gasteiger partial charge on any atom is -0.399 e. The van der Waals surface area contributed by atoms with Crippen LogP contribution in [-0.4, -0.2) is 25.3 Å². The zero-order valence-electron chi connectivity index (χ0n) is 12.1. The fourth-order valence-corrected chi connectivity index (χ4v) is 3.92. The van der Waals surface area contributed by atoms with Crippen LogP contribution >= 0.6 is 0 Å². The Balaban J connectivity index is 2.95. The van der Waals surface area contributed by atoms with Crippen LogP contribution in [0.15, 0.2) is 24.3 Å². The lowest BCUT2D eigenvalue weighted by Gasteiger charge is -2.27. The van der Waals surface area contributed by atoms with Gasteiger partial charge in [-0.25, -0.2) is 8.42 Å². The molecule has 0 radical (unpaired) electrons. The average molecular weight is 284 g/mol. The molecular weight excluding hydrogens is 260 g/mol. The molecule has 0 bridgehead atoms. The van der Waals surface area contributed by atoms with Crippen molar-refractivity contribution in [2.24, 2.45) is 5.92 Å². The molecule has 0 fully saturated rings. The summed E-state index contributed by atoms with van der Waals surface area (Å²) in [6.45, 7) is 8.39. The van der Waals surface area contributed by atoms with Crippen LogP contribution in [0.5, 0.6) is 0 Å². The first-order valence-electron chi connectivity index (χ1n) is 6.56. The molecule has 0 amide bonds. The molecule has 0 unspecified atom stereocenters. The summed E-state index contributed by atoms with van der Waals surface area (Å²) in [6, 6.07) is 7.01. The van der Waals surface area contributed by atoms with Gasteiger partial charge < -0.3 is 5.73 Å². The Morgan fingerprint density at radius 2 is 1.84 bits per heavy atom. The second-order valence-electron chi connectivity index (χ2n) is 5.56. The van der Waals surface area contributed by atoms with Crippen LogP contribution in [0, 0.1) is 5.92 Å². The van der Waals surface area contributed by atoms with Crippen molar-refractivity contribution in [3.8, 4) is 0 Å². The van der Waals surface area contributed by atoms with E-state index in [0.29, 0.717) is 18.2 Å². The second kappa shape index (κ2) is 6.39. The normalized spacial score (nSPS) is 12.6. The Bertz CT molecular complexity index is 510. The molecule has 108 valence electrons. The molecule has 5 heteroatoms. The van der Waals surface area contributed by atoms with Crippen LogP contribution in [0.25, 0.3) is 0 Å². The Morgan fingerprint density at radius 1 is 1.21 bits per heavy atom. The quantitative estimate of drug-likeness (QED) is 0.816. The molecule has 1 aromatic rings. The van der Waals surface area contributed by atoms with E-state index >= 15 is 0 Å². The molecular formula is C14H24N2O2S. The van der Waals surface area contributed by atoms with Gasteiger partial charge in [0.1, 0.15) is 0 Å². The first kappa shape index (κ1) is 16.0. The van der Waals surface area contributed by atoms with Crippen molar-refractivity contribution in [2.45, 2.75) is 39.5 Å². The Morgan fingerprint density at radius 3 is 2.32 bits per heavy atom. The molecule has 0 aliphatic heterocycles. The van der Waals surface area contributed by atoms with Crippen LogP contribution < -0.4 is 5.73 Å². The van der Waals surface area contributed by atoms with Gasteiger partial charge in [0.2, 0.25) is 10.0 Å². The second-order valence-corrected chi connectivity index (χ2v) is 7.48. The molecule has 0 aliphatic rings. The van der Waals surface area contributed by atoms with Gasteiger partial charge in [-0.15, -0.1) is 0 Å². The fourth-order valence-electron chi connectivity index (χ4n) is 1.98. The van der Waals surface area contributed by atoms with Crippen molar-refractivity contribution < 1.29 is 8.42 Å². The maximum Gasteiger partial charge on any atom is 0.218 e. The maximum absolute atomic E-state index is 12.5. The molecule has 0 spiro atoms. The fraction of sp³-hybridized carbons (Fsp3) is 0.571. The number of sulfonamides is 1. The van der Waals surface area contributed by atoms with E-state index in [2.05, 4.69) is 0 Å². The summed E-state index contributed by atoms with van der Waals surface area (Å²) >= 11 is 0. The molecule has 0 aliphatic carbocycles. The lowest BCUT2D eigenvalue weighted by atomic mass is 10.2. The van der Waals surface area contributed by atoms with E-state index < -0.39 is 10.0 Å². The number of nitrogens with zero attached hydrogens (tertiary/aromatic N) is 1. The molecule has 0 saturated carbocycles. The topological polar surface area (TPSA) is 63.4 Å². The van der Waals surface area contributed by atoms with Gasteiger partial charge in [0.25, 0.3) is 0 Å². The standard InChI is InChI=1S/C14H24N2O2S/c1-11(2)9-16(12(3)4)19(17,18)10-13-6-5-7-14(15)8-13/h5-8,11-12H,9-10,15H2,1-4H3. The van der Waals surface area contributed by atoms with E-state index in [1.165, 1.54) is 0 Å². The monoisotopic (exact) mass is 284 g/mol. The summed E-state index contributed by atoms with van der Waals surface area (Å²) in [5.41, 5.74) is 7.01. The lowest BCUT2D eigenvalue weighted by molar-refractivity contribution is 0.318. The van der Waals surface area contributed by atoms with Gasteiger partial charge >= 0.3 is 0 Å². The molecule has 19 heavy (non-hydrogen) atoms. The molecule has 0 heterocycles. The summed E-state index contributed by atoms with van der Waals surface area (Å²) < 4.78 is 26.5. The van der Waals surface area contributed by atoms with Crippen LogP contribution in [0.3, 0.4) is 0 Å². The van der Waals surface area contributed by atoms with E-state index in [9.17, 15) is 8.42 Å². The Hall–Kier alpha value is -1.07. The highest BCUT2D eigenvalue weighted by molar-refractivity contribution is 7.88. The summed E-state index contributed by atoms with van der Waals surface area (Å²) in [5, 5.41) is 0. The molecule has 0 saturated heterocycles. The molecule has 0 aromatic heterocycles. The average Bonchev–Trinajstić information content (AvgIpc) is 2.24. The van der Waals surface area contributed by atoms with Gasteiger partial charge in [0.05, 0.1) is 5.75 Å². The zero-order valence-corrected chi connectivity index (χ0v) is 12.9. The molecule has 2 N–H and O–H groups in total. The highest BCUT2D eigenvalue weighted by atomic mass is 32.2. The third kappa shape index (κ3) is 4.84.